The topological polar surface area (TPSA) is 41.6 Å². The molecular formula is C15H22N2O2. The maximum Gasteiger partial charge on any atom is 0.242 e. The number of benzene rings is 1. The van der Waals surface area contributed by atoms with Crippen LogP contribution in [-0.2, 0) is 9.53 Å². The molecule has 1 aliphatic rings. The minimum absolute atomic E-state index is 0.0340. The first-order chi connectivity index (χ1) is 9.18. The summed E-state index contributed by atoms with van der Waals surface area (Å²) in [5.74, 6) is 0.0340. The summed E-state index contributed by atoms with van der Waals surface area (Å²) in [6.45, 7) is 1.42. The summed E-state index contributed by atoms with van der Waals surface area (Å²) in [4.78, 5) is 14.3. The SMILES string of the molecule is CN(C)C(C(=O)NCC1CCCO1)c1ccccc1. The second-order valence-electron chi connectivity index (χ2n) is 5.16. The number of hydrogen-bond donors (Lipinski definition) is 1. The van der Waals surface area contributed by atoms with E-state index in [1.807, 2.05) is 49.3 Å². The molecule has 1 aliphatic heterocycles. The van der Waals surface area contributed by atoms with E-state index in [0.717, 1.165) is 25.0 Å². The fourth-order valence-electron chi connectivity index (χ4n) is 2.44. The zero-order chi connectivity index (χ0) is 13.7. The van der Waals surface area contributed by atoms with Gasteiger partial charge in [0.1, 0.15) is 6.04 Å². The van der Waals surface area contributed by atoms with Gasteiger partial charge >= 0.3 is 0 Å². The second-order valence-corrected chi connectivity index (χ2v) is 5.16. The fraction of sp³-hybridized carbons (Fsp3) is 0.533. The van der Waals surface area contributed by atoms with Gasteiger partial charge in [-0.2, -0.15) is 0 Å². The van der Waals surface area contributed by atoms with Crippen molar-refractivity contribution in [2.45, 2.75) is 25.0 Å². The van der Waals surface area contributed by atoms with Crippen molar-refractivity contribution in [1.29, 1.82) is 0 Å². The lowest BCUT2D eigenvalue weighted by Crippen LogP contribution is -2.40. The normalized spacial score (nSPS) is 20.5. The molecular weight excluding hydrogens is 240 g/mol. The molecule has 104 valence electrons. The van der Waals surface area contributed by atoms with Crippen LogP contribution in [0, 0.1) is 0 Å². The number of amides is 1. The Hall–Kier alpha value is -1.39. The number of nitrogens with zero attached hydrogens (tertiary/aromatic N) is 1. The molecule has 0 aromatic heterocycles. The third kappa shape index (κ3) is 3.78. The van der Waals surface area contributed by atoms with Crippen LogP contribution in [0.1, 0.15) is 24.4 Å². The summed E-state index contributed by atoms with van der Waals surface area (Å²) in [5.41, 5.74) is 1.01. The molecule has 0 saturated carbocycles. The highest BCUT2D eigenvalue weighted by atomic mass is 16.5. The summed E-state index contributed by atoms with van der Waals surface area (Å²) in [6, 6.07) is 9.59. The first-order valence-corrected chi connectivity index (χ1v) is 6.79. The standard InChI is InChI=1S/C15H22N2O2/c1-17(2)14(12-7-4-3-5-8-12)15(18)16-11-13-9-6-10-19-13/h3-5,7-8,13-14H,6,9-11H2,1-2H3,(H,16,18). The quantitative estimate of drug-likeness (QED) is 0.876. The van der Waals surface area contributed by atoms with E-state index in [-0.39, 0.29) is 18.1 Å². The summed E-state index contributed by atoms with van der Waals surface area (Å²) >= 11 is 0. The van der Waals surface area contributed by atoms with Gasteiger partial charge in [0, 0.05) is 13.2 Å². The van der Waals surface area contributed by atoms with Gasteiger partial charge in [-0.3, -0.25) is 9.69 Å². The molecule has 2 atom stereocenters. The lowest BCUT2D eigenvalue weighted by molar-refractivity contribution is -0.126. The van der Waals surface area contributed by atoms with Crippen molar-refractivity contribution in [2.24, 2.45) is 0 Å². The Morgan fingerprint density at radius 2 is 2.16 bits per heavy atom. The Kier molecular flexibility index (Phi) is 4.93. The van der Waals surface area contributed by atoms with Crippen molar-refractivity contribution in [3.63, 3.8) is 0 Å². The molecule has 0 radical (unpaired) electrons. The summed E-state index contributed by atoms with van der Waals surface area (Å²) < 4.78 is 5.52. The van der Waals surface area contributed by atoms with Gasteiger partial charge in [-0.05, 0) is 32.5 Å². The molecule has 1 heterocycles. The molecule has 2 unspecified atom stereocenters. The highest BCUT2D eigenvalue weighted by Gasteiger charge is 2.24. The number of carbonyl (C=O) groups excluding carboxylic acids is 1. The molecule has 1 aromatic rings. The smallest absolute Gasteiger partial charge is 0.242 e. The zero-order valence-electron chi connectivity index (χ0n) is 11.6. The molecule has 1 fully saturated rings. The van der Waals surface area contributed by atoms with Gasteiger partial charge in [-0.1, -0.05) is 30.3 Å². The molecule has 1 N–H and O–H groups in total. The van der Waals surface area contributed by atoms with E-state index in [2.05, 4.69) is 5.32 Å². The Bertz CT molecular complexity index is 400. The minimum Gasteiger partial charge on any atom is -0.376 e. The van der Waals surface area contributed by atoms with Crippen LogP contribution in [0.5, 0.6) is 0 Å². The summed E-state index contributed by atoms with van der Waals surface area (Å²) in [7, 11) is 3.84. The zero-order valence-corrected chi connectivity index (χ0v) is 11.6. The monoisotopic (exact) mass is 262 g/mol. The van der Waals surface area contributed by atoms with Crippen LogP contribution in [0.15, 0.2) is 30.3 Å². The van der Waals surface area contributed by atoms with E-state index in [9.17, 15) is 4.79 Å². The first-order valence-electron chi connectivity index (χ1n) is 6.79. The molecule has 4 heteroatoms. The number of likely N-dealkylation sites (N-methyl/N-ethyl adjacent to an activating group) is 1. The molecule has 0 aliphatic carbocycles. The van der Waals surface area contributed by atoms with Gasteiger partial charge in [0.2, 0.25) is 5.91 Å². The van der Waals surface area contributed by atoms with Crippen molar-refractivity contribution in [1.82, 2.24) is 10.2 Å². The van der Waals surface area contributed by atoms with Crippen molar-refractivity contribution in [2.75, 3.05) is 27.2 Å². The number of nitrogens with one attached hydrogen (secondary N) is 1. The van der Waals surface area contributed by atoms with Gasteiger partial charge in [-0.25, -0.2) is 0 Å². The second kappa shape index (κ2) is 6.68. The van der Waals surface area contributed by atoms with E-state index >= 15 is 0 Å². The van der Waals surface area contributed by atoms with Crippen molar-refractivity contribution in [3.05, 3.63) is 35.9 Å². The largest absolute Gasteiger partial charge is 0.376 e. The molecule has 1 aromatic carbocycles. The van der Waals surface area contributed by atoms with E-state index in [4.69, 9.17) is 4.74 Å². The highest BCUT2D eigenvalue weighted by molar-refractivity contribution is 5.83. The van der Waals surface area contributed by atoms with E-state index in [1.165, 1.54) is 0 Å². The van der Waals surface area contributed by atoms with Crippen molar-refractivity contribution < 1.29 is 9.53 Å². The van der Waals surface area contributed by atoms with Gasteiger partial charge in [0.05, 0.1) is 6.10 Å². The summed E-state index contributed by atoms with van der Waals surface area (Å²) in [5, 5.41) is 3.00. The number of rotatable bonds is 5. The van der Waals surface area contributed by atoms with Crippen LogP contribution in [0.25, 0.3) is 0 Å². The number of ether oxygens (including phenoxy) is 1. The third-order valence-electron chi connectivity index (χ3n) is 3.41. The van der Waals surface area contributed by atoms with Crippen molar-refractivity contribution in [3.8, 4) is 0 Å². The average Bonchev–Trinajstić information content (AvgIpc) is 2.90. The Morgan fingerprint density at radius 1 is 1.42 bits per heavy atom. The Labute approximate surface area is 114 Å². The molecule has 1 saturated heterocycles. The molecule has 4 nitrogen and oxygen atoms in total. The Morgan fingerprint density at radius 3 is 2.74 bits per heavy atom. The van der Waals surface area contributed by atoms with Crippen LogP contribution < -0.4 is 5.32 Å². The van der Waals surface area contributed by atoms with Gasteiger partial charge < -0.3 is 10.1 Å². The minimum atomic E-state index is -0.248. The van der Waals surface area contributed by atoms with Crippen LogP contribution in [0.2, 0.25) is 0 Å². The molecule has 0 bridgehead atoms. The van der Waals surface area contributed by atoms with Crippen LogP contribution in [-0.4, -0.2) is 44.2 Å². The summed E-state index contributed by atoms with van der Waals surface area (Å²) in [6.07, 6.45) is 2.32. The van der Waals surface area contributed by atoms with Crippen molar-refractivity contribution >= 4 is 5.91 Å². The predicted octanol–water partition coefficient (Wildman–Crippen LogP) is 1.58. The first kappa shape index (κ1) is 14.0. The van der Waals surface area contributed by atoms with Gasteiger partial charge in [0.25, 0.3) is 0 Å². The maximum atomic E-state index is 12.3. The van der Waals surface area contributed by atoms with Gasteiger partial charge in [0.15, 0.2) is 0 Å². The maximum absolute atomic E-state index is 12.3. The lowest BCUT2D eigenvalue weighted by Gasteiger charge is -2.24. The fourth-order valence-corrected chi connectivity index (χ4v) is 2.44. The van der Waals surface area contributed by atoms with Gasteiger partial charge in [-0.15, -0.1) is 0 Å². The number of carbonyl (C=O) groups is 1. The molecule has 1 amide bonds. The van der Waals surface area contributed by atoms with E-state index in [0.29, 0.717) is 6.54 Å². The predicted molar refractivity (Wildman–Crippen MR) is 74.9 cm³/mol. The van der Waals surface area contributed by atoms with E-state index < -0.39 is 0 Å². The number of hydrogen-bond acceptors (Lipinski definition) is 3. The molecule has 19 heavy (non-hydrogen) atoms. The van der Waals surface area contributed by atoms with Crippen LogP contribution >= 0.6 is 0 Å². The molecule has 0 spiro atoms. The van der Waals surface area contributed by atoms with Crippen LogP contribution in [0.4, 0.5) is 0 Å². The lowest BCUT2D eigenvalue weighted by atomic mass is 10.1. The highest BCUT2D eigenvalue weighted by Crippen LogP contribution is 2.18. The average molecular weight is 262 g/mol. The van der Waals surface area contributed by atoms with E-state index in [1.54, 1.807) is 0 Å². The third-order valence-corrected chi connectivity index (χ3v) is 3.41. The Balaban J connectivity index is 1.96. The van der Waals surface area contributed by atoms with Crippen LogP contribution in [0.3, 0.4) is 0 Å². The molecule has 2 rings (SSSR count).